The van der Waals surface area contributed by atoms with Crippen LogP contribution in [0.1, 0.15) is 28.7 Å². The van der Waals surface area contributed by atoms with E-state index in [4.69, 9.17) is 20.8 Å². The van der Waals surface area contributed by atoms with Gasteiger partial charge in [-0.15, -0.1) is 0 Å². The molecule has 0 aliphatic heterocycles. The first kappa shape index (κ1) is 17.5. The summed E-state index contributed by atoms with van der Waals surface area (Å²) in [6.45, 7) is 2.35. The second-order valence-electron chi connectivity index (χ2n) is 5.92. The van der Waals surface area contributed by atoms with Crippen molar-refractivity contribution in [1.29, 1.82) is 0 Å². The molecule has 6 heteroatoms. The highest BCUT2D eigenvalue weighted by molar-refractivity contribution is 6.30. The van der Waals surface area contributed by atoms with Gasteiger partial charge in [0.25, 0.3) is 5.91 Å². The summed E-state index contributed by atoms with van der Waals surface area (Å²) in [4.78, 5) is 16.8. The summed E-state index contributed by atoms with van der Waals surface area (Å²) in [6, 6.07) is 12.7. The van der Waals surface area contributed by atoms with E-state index in [-0.39, 0.29) is 11.9 Å². The Hall–Kier alpha value is -2.37. The number of aromatic nitrogens is 1. The van der Waals surface area contributed by atoms with Crippen molar-refractivity contribution >= 4 is 28.6 Å². The molecule has 1 aromatic heterocycles. The molecule has 0 saturated heterocycles. The molecule has 0 aliphatic carbocycles. The number of oxazole rings is 1. The Balaban J connectivity index is 1.77. The zero-order valence-electron chi connectivity index (χ0n) is 14.1. The van der Waals surface area contributed by atoms with Crippen LogP contribution in [0.4, 0.5) is 0 Å². The molecule has 0 saturated carbocycles. The van der Waals surface area contributed by atoms with Gasteiger partial charge in [0.15, 0.2) is 11.5 Å². The molecule has 130 valence electrons. The maximum absolute atomic E-state index is 12.3. The Morgan fingerprint density at radius 3 is 2.76 bits per heavy atom. The number of nitrogens with one attached hydrogen (secondary N) is 1. The van der Waals surface area contributed by atoms with E-state index in [9.17, 15) is 4.79 Å². The van der Waals surface area contributed by atoms with Crippen molar-refractivity contribution in [3.8, 4) is 0 Å². The summed E-state index contributed by atoms with van der Waals surface area (Å²) in [5, 5.41) is 3.57. The highest BCUT2D eigenvalue weighted by atomic mass is 35.5. The van der Waals surface area contributed by atoms with E-state index >= 15 is 0 Å². The smallest absolute Gasteiger partial charge is 0.251 e. The predicted octanol–water partition coefficient (Wildman–Crippen LogP) is 3.84. The van der Waals surface area contributed by atoms with Gasteiger partial charge in [-0.1, -0.05) is 23.7 Å². The molecule has 5 nitrogen and oxygen atoms in total. The minimum absolute atomic E-state index is 0.0639. The van der Waals surface area contributed by atoms with Gasteiger partial charge in [-0.25, -0.2) is 4.98 Å². The molecule has 0 radical (unpaired) electrons. The molecule has 1 amide bonds. The summed E-state index contributed by atoms with van der Waals surface area (Å²) in [7, 11) is 1.60. The van der Waals surface area contributed by atoms with E-state index in [1.54, 1.807) is 25.3 Å². The standard InChI is InChI=1S/C19H19ClN2O3/c1-12(11-24-2)21-19(23)14-5-8-17-16(10-14)22-18(25-17)9-13-3-6-15(20)7-4-13/h3-8,10,12H,9,11H2,1-2H3,(H,21,23). The molecular formula is C19H19ClN2O3. The summed E-state index contributed by atoms with van der Waals surface area (Å²) >= 11 is 5.90. The SMILES string of the molecule is COCC(C)NC(=O)c1ccc2oc(Cc3ccc(Cl)cc3)nc2c1. The number of methoxy groups -OCH3 is 1. The van der Waals surface area contributed by atoms with Gasteiger partial charge in [0.05, 0.1) is 6.61 Å². The molecule has 1 atom stereocenters. The first-order valence-electron chi connectivity index (χ1n) is 7.99. The second kappa shape index (κ2) is 7.68. The van der Waals surface area contributed by atoms with Crippen LogP contribution >= 0.6 is 11.6 Å². The van der Waals surface area contributed by atoms with E-state index in [2.05, 4.69) is 10.3 Å². The fraction of sp³-hybridized carbons (Fsp3) is 0.263. The van der Waals surface area contributed by atoms with Crippen LogP contribution in [0.15, 0.2) is 46.9 Å². The topological polar surface area (TPSA) is 64.4 Å². The van der Waals surface area contributed by atoms with E-state index in [1.165, 1.54) is 0 Å². The van der Waals surface area contributed by atoms with Crippen molar-refractivity contribution in [1.82, 2.24) is 10.3 Å². The summed E-state index contributed by atoms with van der Waals surface area (Å²) in [6.07, 6.45) is 0.568. The lowest BCUT2D eigenvalue weighted by atomic mass is 10.1. The summed E-state index contributed by atoms with van der Waals surface area (Å²) in [5.74, 6) is 0.441. The van der Waals surface area contributed by atoms with E-state index in [1.807, 2.05) is 31.2 Å². The van der Waals surface area contributed by atoms with E-state index in [0.717, 1.165) is 5.56 Å². The number of fused-ring (bicyclic) bond motifs is 1. The van der Waals surface area contributed by atoms with E-state index in [0.29, 0.717) is 40.6 Å². The predicted molar refractivity (Wildman–Crippen MR) is 97.1 cm³/mol. The number of nitrogens with zero attached hydrogens (tertiary/aromatic N) is 1. The number of carbonyl (C=O) groups excluding carboxylic acids is 1. The first-order chi connectivity index (χ1) is 12.0. The second-order valence-corrected chi connectivity index (χ2v) is 6.36. The zero-order chi connectivity index (χ0) is 17.8. The third-order valence-corrected chi connectivity index (χ3v) is 4.01. The number of carbonyl (C=O) groups is 1. The van der Waals surface area contributed by atoms with Gasteiger partial charge < -0.3 is 14.5 Å². The largest absolute Gasteiger partial charge is 0.440 e. The van der Waals surface area contributed by atoms with Gasteiger partial charge in [0.1, 0.15) is 5.52 Å². The zero-order valence-corrected chi connectivity index (χ0v) is 14.8. The van der Waals surface area contributed by atoms with Crippen LogP contribution in [0, 0.1) is 0 Å². The number of hydrogen-bond donors (Lipinski definition) is 1. The van der Waals surface area contributed by atoms with Gasteiger partial charge >= 0.3 is 0 Å². The molecule has 0 aliphatic rings. The lowest BCUT2D eigenvalue weighted by molar-refractivity contribution is 0.0905. The Kier molecular flexibility index (Phi) is 5.36. The Labute approximate surface area is 151 Å². The molecule has 0 spiro atoms. The van der Waals surface area contributed by atoms with Gasteiger partial charge in [-0.05, 0) is 42.8 Å². The number of rotatable bonds is 6. The number of benzene rings is 2. The van der Waals surface area contributed by atoms with Crippen LogP contribution in [0.25, 0.3) is 11.1 Å². The van der Waals surface area contributed by atoms with Gasteiger partial charge in [-0.3, -0.25) is 4.79 Å². The van der Waals surface area contributed by atoms with Crippen molar-refractivity contribution in [2.75, 3.05) is 13.7 Å². The van der Waals surface area contributed by atoms with Crippen LogP contribution in [0.3, 0.4) is 0 Å². The maximum atomic E-state index is 12.3. The highest BCUT2D eigenvalue weighted by Gasteiger charge is 2.13. The molecule has 3 rings (SSSR count). The molecule has 0 bridgehead atoms. The van der Waals surface area contributed by atoms with Crippen LogP contribution in [0.5, 0.6) is 0 Å². The molecule has 1 unspecified atom stereocenters. The molecule has 3 aromatic rings. The Morgan fingerprint density at radius 1 is 1.28 bits per heavy atom. The van der Waals surface area contributed by atoms with Crippen molar-refractivity contribution in [2.24, 2.45) is 0 Å². The van der Waals surface area contributed by atoms with Crippen LogP contribution in [-0.4, -0.2) is 30.6 Å². The Morgan fingerprint density at radius 2 is 2.04 bits per heavy atom. The Bertz CT molecular complexity index is 874. The summed E-state index contributed by atoms with van der Waals surface area (Å²) in [5.41, 5.74) is 2.92. The number of amides is 1. The summed E-state index contributed by atoms with van der Waals surface area (Å²) < 4.78 is 10.8. The minimum Gasteiger partial charge on any atom is -0.440 e. The van der Waals surface area contributed by atoms with Crippen LogP contribution in [0.2, 0.25) is 5.02 Å². The molecule has 1 N–H and O–H groups in total. The molecular weight excluding hydrogens is 340 g/mol. The lowest BCUT2D eigenvalue weighted by Gasteiger charge is -2.12. The maximum Gasteiger partial charge on any atom is 0.251 e. The van der Waals surface area contributed by atoms with Gasteiger partial charge in [0, 0.05) is 30.2 Å². The first-order valence-corrected chi connectivity index (χ1v) is 8.36. The molecule has 25 heavy (non-hydrogen) atoms. The molecule has 2 aromatic carbocycles. The fourth-order valence-corrected chi connectivity index (χ4v) is 2.69. The van der Waals surface area contributed by atoms with E-state index < -0.39 is 0 Å². The molecule has 0 fully saturated rings. The van der Waals surface area contributed by atoms with Crippen LogP contribution < -0.4 is 5.32 Å². The van der Waals surface area contributed by atoms with Gasteiger partial charge in [-0.2, -0.15) is 0 Å². The number of halogens is 1. The fourth-order valence-electron chi connectivity index (χ4n) is 2.57. The average Bonchev–Trinajstić information content (AvgIpc) is 2.98. The number of ether oxygens (including phenoxy) is 1. The third kappa shape index (κ3) is 4.38. The quantitative estimate of drug-likeness (QED) is 0.727. The molecule has 1 heterocycles. The monoisotopic (exact) mass is 358 g/mol. The van der Waals surface area contributed by atoms with Crippen molar-refractivity contribution in [3.63, 3.8) is 0 Å². The van der Waals surface area contributed by atoms with Crippen molar-refractivity contribution < 1.29 is 13.9 Å². The lowest BCUT2D eigenvalue weighted by Crippen LogP contribution is -2.35. The third-order valence-electron chi connectivity index (χ3n) is 3.76. The average molecular weight is 359 g/mol. The van der Waals surface area contributed by atoms with Crippen molar-refractivity contribution in [2.45, 2.75) is 19.4 Å². The normalized spacial score (nSPS) is 12.3. The minimum atomic E-state index is -0.159. The van der Waals surface area contributed by atoms with Crippen molar-refractivity contribution in [3.05, 3.63) is 64.5 Å². The number of hydrogen-bond acceptors (Lipinski definition) is 4. The van der Waals surface area contributed by atoms with Gasteiger partial charge in [0.2, 0.25) is 0 Å². The van der Waals surface area contributed by atoms with Crippen LogP contribution in [-0.2, 0) is 11.2 Å². The highest BCUT2D eigenvalue weighted by Crippen LogP contribution is 2.20.